The van der Waals surface area contributed by atoms with Crippen molar-refractivity contribution in [2.45, 2.75) is 32.7 Å². The molecule has 1 aliphatic carbocycles. The molecule has 1 aromatic heterocycles. The van der Waals surface area contributed by atoms with Gasteiger partial charge in [0.2, 0.25) is 11.9 Å². The lowest BCUT2D eigenvalue weighted by Gasteiger charge is -2.40. The van der Waals surface area contributed by atoms with Crippen molar-refractivity contribution in [3.63, 3.8) is 0 Å². The summed E-state index contributed by atoms with van der Waals surface area (Å²) in [4.78, 5) is 42.9. The lowest BCUT2D eigenvalue weighted by Crippen LogP contribution is -2.52. The highest BCUT2D eigenvalue weighted by atomic mass is 19.1. The van der Waals surface area contributed by atoms with E-state index >= 15 is 4.39 Å². The fourth-order valence-corrected chi connectivity index (χ4v) is 6.81. The Bertz CT molecular complexity index is 1820. The molecule has 9 nitrogen and oxygen atoms in total. The predicted octanol–water partition coefficient (Wildman–Crippen LogP) is 6.37. The Labute approximate surface area is 273 Å². The summed E-state index contributed by atoms with van der Waals surface area (Å²) < 4.78 is 21.2. The summed E-state index contributed by atoms with van der Waals surface area (Å²) in [6, 6.07) is 22.7. The average molecular weight is 633 g/mol. The molecule has 1 fully saturated rings. The van der Waals surface area contributed by atoms with Crippen molar-refractivity contribution in [3.05, 3.63) is 114 Å². The smallest absolute Gasteiger partial charge is 0.242 e. The maximum atomic E-state index is 15.3. The van der Waals surface area contributed by atoms with Gasteiger partial charge >= 0.3 is 0 Å². The molecule has 3 heterocycles. The number of nitrogens with zero attached hydrogens (tertiary/aromatic N) is 5. The average Bonchev–Trinajstić information content (AvgIpc) is 3.20. The first-order chi connectivity index (χ1) is 22.8. The molecule has 2 aliphatic heterocycles. The van der Waals surface area contributed by atoms with Gasteiger partial charge in [-0.25, -0.2) is 14.4 Å². The topological polar surface area (TPSA) is 90.9 Å². The van der Waals surface area contributed by atoms with E-state index in [0.717, 1.165) is 17.1 Å². The van der Waals surface area contributed by atoms with Crippen molar-refractivity contribution >= 4 is 29.0 Å². The van der Waals surface area contributed by atoms with E-state index in [2.05, 4.69) is 34.0 Å². The summed E-state index contributed by atoms with van der Waals surface area (Å²) in [6.45, 7) is 6.45. The number of ketones is 1. The lowest BCUT2D eigenvalue weighted by atomic mass is 9.73. The van der Waals surface area contributed by atoms with Crippen LogP contribution in [0, 0.1) is 11.2 Å². The van der Waals surface area contributed by atoms with Crippen molar-refractivity contribution in [1.82, 2.24) is 14.9 Å². The number of allylic oxidation sites excluding steroid dienone is 1. The zero-order chi connectivity index (χ0) is 32.5. The van der Waals surface area contributed by atoms with Crippen molar-refractivity contribution in [3.8, 4) is 11.5 Å². The Balaban J connectivity index is 1.27. The number of rotatable bonds is 6. The zero-order valence-electron chi connectivity index (χ0n) is 26.5. The van der Waals surface area contributed by atoms with Crippen LogP contribution < -0.4 is 19.9 Å². The quantitative estimate of drug-likeness (QED) is 0.262. The number of piperazine rings is 1. The third-order valence-electron chi connectivity index (χ3n) is 9.02. The molecule has 1 N–H and O–H groups in total. The van der Waals surface area contributed by atoms with E-state index in [9.17, 15) is 9.59 Å². The molecule has 3 aromatic carbocycles. The minimum absolute atomic E-state index is 0.00494. The van der Waals surface area contributed by atoms with Crippen LogP contribution >= 0.6 is 0 Å². The SMILES string of the molecule is CC1(C)CC(=O)C2=C(C1)Nc1ccccc1N(CC(=O)N1CCN(c3ncccn3)CC1)C2c1ccc(F)c(Oc2ccccc2)c1. The number of fused-ring (bicyclic) bond motifs is 1. The third-order valence-corrected chi connectivity index (χ3v) is 9.02. The van der Waals surface area contributed by atoms with Crippen LogP contribution in [0.5, 0.6) is 11.5 Å². The lowest BCUT2D eigenvalue weighted by molar-refractivity contribution is -0.130. The number of nitrogens with one attached hydrogen (secondary N) is 1. The minimum atomic E-state index is -0.661. The first-order valence-corrected chi connectivity index (χ1v) is 16.0. The van der Waals surface area contributed by atoms with Crippen LogP contribution in [0.1, 0.15) is 38.3 Å². The number of para-hydroxylation sites is 3. The number of carbonyl (C=O) groups excluding carboxylic acids is 2. The van der Waals surface area contributed by atoms with Crippen molar-refractivity contribution in [2.24, 2.45) is 5.41 Å². The van der Waals surface area contributed by atoms with Gasteiger partial charge < -0.3 is 24.8 Å². The highest BCUT2D eigenvalue weighted by molar-refractivity contribution is 6.02. The molecule has 1 saturated heterocycles. The van der Waals surface area contributed by atoms with Crippen LogP contribution in [0.15, 0.2) is 103 Å². The first-order valence-electron chi connectivity index (χ1n) is 16.0. The van der Waals surface area contributed by atoms with Crippen molar-refractivity contribution in [2.75, 3.05) is 47.8 Å². The van der Waals surface area contributed by atoms with E-state index in [1.807, 2.05) is 52.3 Å². The summed E-state index contributed by atoms with van der Waals surface area (Å²) >= 11 is 0. The van der Waals surface area contributed by atoms with Crippen LogP contribution in [0.3, 0.4) is 0 Å². The van der Waals surface area contributed by atoms with Crippen LogP contribution in [-0.4, -0.2) is 59.3 Å². The van der Waals surface area contributed by atoms with Gasteiger partial charge in [0.1, 0.15) is 5.75 Å². The second kappa shape index (κ2) is 12.5. The molecule has 10 heteroatoms. The second-order valence-corrected chi connectivity index (χ2v) is 13.0. The number of amides is 1. The van der Waals surface area contributed by atoms with Crippen molar-refractivity contribution < 1.29 is 18.7 Å². The Kier molecular flexibility index (Phi) is 8.09. The molecule has 0 saturated carbocycles. The van der Waals surface area contributed by atoms with Gasteiger partial charge in [0.25, 0.3) is 0 Å². The molecule has 3 aliphatic rings. The van der Waals surface area contributed by atoms with E-state index in [4.69, 9.17) is 4.74 Å². The number of hydrogen-bond donors (Lipinski definition) is 1. The molecule has 1 unspecified atom stereocenters. The standard InChI is InChI=1S/C37H37FN6O3/c1-37(2)22-29-34(31(45)23-37)35(25-13-14-27(38)32(21-25)47-26-9-4-3-5-10-26)44(30-12-7-6-11-28(30)41-29)24-33(46)42-17-19-43(20-18-42)36-39-15-8-16-40-36/h3-16,21,35,41H,17-20,22-24H2,1-2H3. The minimum Gasteiger partial charge on any atom is -0.454 e. The normalized spacial score (nSPS) is 19.0. The van der Waals surface area contributed by atoms with Gasteiger partial charge in [-0.15, -0.1) is 0 Å². The number of ether oxygens (including phenoxy) is 1. The van der Waals surface area contributed by atoms with Gasteiger partial charge in [0.05, 0.1) is 24.0 Å². The van der Waals surface area contributed by atoms with E-state index in [0.29, 0.717) is 61.9 Å². The third kappa shape index (κ3) is 6.27. The molecule has 4 aromatic rings. The Morgan fingerprint density at radius 3 is 2.43 bits per heavy atom. The van der Waals surface area contributed by atoms with Gasteiger partial charge in [-0.05, 0) is 59.9 Å². The van der Waals surface area contributed by atoms with Crippen LogP contribution in [0.4, 0.5) is 21.7 Å². The molecule has 1 amide bonds. The van der Waals surface area contributed by atoms with Gasteiger partial charge in [0, 0.05) is 56.3 Å². The van der Waals surface area contributed by atoms with Crippen LogP contribution in [-0.2, 0) is 9.59 Å². The second-order valence-electron chi connectivity index (χ2n) is 13.0. The zero-order valence-corrected chi connectivity index (χ0v) is 26.5. The summed E-state index contributed by atoms with van der Waals surface area (Å²) in [5.74, 6) is 0.627. The summed E-state index contributed by atoms with van der Waals surface area (Å²) in [7, 11) is 0. The summed E-state index contributed by atoms with van der Waals surface area (Å²) in [6.07, 6.45) is 4.44. The number of halogens is 1. The summed E-state index contributed by atoms with van der Waals surface area (Å²) in [5.41, 5.74) is 3.43. The first kappa shape index (κ1) is 30.4. The predicted molar refractivity (Wildman–Crippen MR) is 179 cm³/mol. The molecular formula is C37H37FN6O3. The number of anilines is 3. The maximum absolute atomic E-state index is 15.3. The number of carbonyl (C=O) groups is 2. The molecule has 0 radical (unpaired) electrons. The van der Waals surface area contributed by atoms with E-state index in [1.54, 1.807) is 42.7 Å². The molecule has 0 spiro atoms. The fraction of sp³-hybridized carbons (Fsp3) is 0.297. The van der Waals surface area contributed by atoms with Crippen LogP contribution in [0.2, 0.25) is 0 Å². The monoisotopic (exact) mass is 632 g/mol. The van der Waals surface area contributed by atoms with E-state index in [1.165, 1.54) is 6.07 Å². The van der Waals surface area contributed by atoms with E-state index in [-0.39, 0.29) is 29.4 Å². The Morgan fingerprint density at radius 2 is 1.66 bits per heavy atom. The van der Waals surface area contributed by atoms with Gasteiger partial charge in [-0.2, -0.15) is 0 Å². The Hall–Kier alpha value is -5.25. The van der Waals surface area contributed by atoms with Gasteiger partial charge in [-0.3, -0.25) is 9.59 Å². The summed E-state index contributed by atoms with van der Waals surface area (Å²) in [5, 5.41) is 3.59. The number of aromatic nitrogens is 2. The van der Waals surface area contributed by atoms with Crippen molar-refractivity contribution in [1.29, 1.82) is 0 Å². The molecule has 47 heavy (non-hydrogen) atoms. The Morgan fingerprint density at radius 1 is 0.936 bits per heavy atom. The number of benzene rings is 3. The molecule has 240 valence electrons. The fourth-order valence-electron chi connectivity index (χ4n) is 6.81. The molecule has 0 bridgehead atoms. The molecular weight excluding hydrogens is 595 g/mol. The molecule has 1 atom stereocenters. The van der Waals surface area contributed by atoms with Gasteiger partial charge in [0.15, 0.2) is 17.3 Å². The highest BCUT2D eigenvalue weighted by Gasteiger charge is 2.42. The highest BCUT2D eigenvalue weighted by Crippen LogP contribution is 2.48. The van der Waals surface area contributed by atoms with E-state index < -0.39 is 11.9 Å². The number of Topliss-reactive ketones (excluding diaryl/α,β-unsaturated/α-hetero) is 1. The molecule has 7 rings (SSSR count). The van der Waals surface area contributed by atoms with Gasteiger partial charge in [-0.1, -0.05) is 50.2 Å². The maximum Gasteiger partial charge on any atom is 0.242 e. The number of hydrogen-bond acceptors (Lipinski definition) is 8. The largest absolute Gasteiger partial charge is 0.454 e. The van der Waals surface area contributed by atoms with Crippen LogP contribution in [0.25, 0.3) is 0 Å².